The molecular formula is C15H11F3. The highest BCUT2D eigenvalue weighted by atomic mass is 19.4. The van der Waals surface area contributed by atoms with E-state index in [1.54, 1.807) is 36.4 Å². The number of benzene rings is 2. The van der Waals surface area contributed by atoms with Crippen LogP contribution in [0.2, 0.25) is 0 Å². The minimum atomic E-state index is -4.35. The first-order valence-corrected chi connectivity index (χ1v) is 5.41. The van der Waals surface area contributed by atoms with Crippen molar-refractivity contribution in [2.75, 3.05) is 0 Å². The number of hydrogen-bond acceptors (Lipinski definition) is 0. The normalized spacial score (nSPS) is 11.3. The van der Waals surface area contributed by atoms with Crippen LogP contribution in [0.4, 0.5) is 13.2 Å². The van der Waals surface area contributed by atoms with Crippen LogP contribution in [0.3, 0.4) is 0 Å². The Labute approximate surface area is 103 Å². The molecule has 0 nitrogen and oxygen atoms in total. The Hall–Kier alpha value is -2.03. The highest BCUT2D eigenvalue weighted by Crippen LogP contribution is 2.37. The molecule has 0 spiro atoms. The fourth-order valence-corrected chi connectivity index (χ4v) is 1.82. The third kappa shape index (κ3) is 2.45. The first kappa shape index (κ1) is 12.4. The SMILES string of the molecule is C=Cc1cccc(-c2ccccc2C(F)(F)F)c1. The summed E-state index contributed by atoms with van der Waals surface area (Å²) in [5.41, 5.74) is 0.907. The van der Waals surface area contributed by atoms with Crippen molar-refractivity contribution in [1.82, 2.24) is 0 Å². The van der Waals surface area contributed by atoms with E-state index in [4.69, 9.17) is 0 Å². The molecule has 0 fully saturated rings. The lowest BCUT2D eigenvalue weighted by Gasteiger charge is -2.13. The molecule has 0 unspecified atom stereocenters. The minimum Gasteiger partial charge on any atom is -0.166 e. The van der Waals surface area contributed by atoms with E-state index in [1.165, 1.54) is 12.1 Å². The second-order valence-electron chi connectivity index (χ2n) is 3.87. The van der Waals surface area contributed by atoms with Crippen LogP contribution >= 0.6 is 0 Å². The second kappa shape index (κ2) is 4.69. The van der Waals surface area contributed by atoms with Crippen LogP contribution in [0.15, 0.2) is 55.1 Å². The molecule has 0 atom stereocenters. The maximum absolute atomic E-state index is 12.9. The predicted molar refractivity (Wildman–Crippen MR) is 67.0 cm³/mol. The minimum absolute atomic E-state index is 0.189. The van der Waals surface area contributed by atoms with Crippen LogP contribution in [-0.4, -0.2) is 0 Å². The molecule has 3 heteroatoms. The van der Waals surface area contributed by atoms with Crippen LogP contribution in [0.5, 0.6) is 0 Å². The highest BCUT2D eigenvalue weighted by Gasteiger charge is 2.33. The van der Waals surface area contributed by atoms with Crippen LogP contribution in [0.1, 0.15) is 11.1 Å². The Bertz CT molecular complexity index is 568. The smallest absolute Gasteiger partial charge is 0.166 e. The van der Waals surface area contributed by atoms with Gasteiger partial charge in [-0.1, -0.05) is 49.1 Å². The topological polar surface area (TPSA) is 0 Å². The van der Waals surface area contributed by atoms with Gasteiger partial charge in [-0.05, 0) is 28.8 Å². The summed E-state index contributed by atoms with van der Waals surface area (Å²) in [6.07, 6.45) is -2.74. The standard InChI is InChI=1S/C15H11F3/c1-2-11-6-5-7-12(10-11)13-8-3-4-9-14(13)15(16,17)18/h2-10H,1H2. The lowest BCUT2D eigenvalue weighted by molar-refractivity contribution is -0.137. The Morgan fingerprint density at radius 1 is 0.944 bits per heavy atom. The van der Waals surface area contributed by atoms with Crippen molar-refractivity contribution in [3.8, 4) is 11.1 Å². The summed E-state index contributed by atoms with van der Waals surface area (Å²) in [6, 6.07) is 12.4. The summed E-state index contributed by atoms with van der Waals surface area (Å²) >= 11 is 0. The molecule has 0 saturated carbocycles. The number of rotatable bonds is 2. The summed E-state index contributed by atoms with van der Waals surface area (Å²) in [7, 11) is 0. The summed E-state index contributed by atoms with van der Waals surface area (Å²) < 4.78 is 38.7. The van der Waals surface area contributed by atoms with Crippen LogP contribution < -0.4 is 0 Å². The van der Waals surface area contributed by atoms with Crippen molar-refractivity contribution in [1.29, 1.82) is 0 Å². The molecule has 0 heterocycles. The largest absolute Gasteiger partial charge is 0.417 e. The van der Waals surface area contributed by atoms with Crippen LogP contribution in [0.25, 0.3) is 17.2 Å². The molecule has 0 N–H and O–H groups in total. The number of hydrogen-bond donors (Lipinski definition) is 0. The number of alkyl halides is 3. The van der Waals surface area contributed by atoms with Crippen molar-refractivity contribution in [2.24, 2.45) is 0 Å². The fourth-order valence-electron chi connectivity index (χ4n) is 1.82. The molecule has 2 aromatic rings. The van der Waals surface area contributed by atoms with E-state index >= 15 is 0 Å². The second-order valence-corrected chi connectivity index (χ2v) is 3.87. The zero-order valence-electron chi connectivity index (χ0n) is 9.54. The van der Waals surface area contributed by atoms with Crippen molar-refractivity contribution < 1.29 is 13.2 Å². The molecule has 2 aromatic carbocycles. The molecule has 18 heavy (non-hydrogen) atoms. The van der Waals surface area contributed by atoms with E-state index in [1.807, 2.05) is 0 Å². The molecule has 0 saturated heterocycles. The van der Waals surface area contributed by atoms with E-state index in [0.29, 0.717) is 5.56 Å². The van der Waals surface area contributed by atoms with Gasteiger partial charge < -0.3 is 0 Å². The molecule has 92 valence electrons. The third-order valence-electron chi connectivity index (χ3n) is 2.67. The predicted octanol–water partition coefficient (Wildman–Crippen LogP) is 5.02. The molecule has 0 aliphatic carbocycles. The van der Waals surface area contributed by atoms with Crippen LogP contribution in [-0.2, 0) is 6.18 Å². The Kier molecular flexibility index (Phi) is 3.24. The van der Waals surface area contributed by atoms with Crippen molar-refractivity contribution in [2.45, 2.75) is 6.18 Å². The first-order chi connectivity index (χ1) is 8.52. The average molecular weight is 248 g/mol. The summed E-state index contributed by atoms with van der Waals surface area (Å²) in [5.74, 6) is 0. The average Bonchev–Trinajstić information content (AvgIpc) is 2.38. The molecular weight excluding hydrogens is 237 g/mol. The lowest BCUT2D eigenvalue weighted by Crippen LogP contribution is -2.06. The van der Waals surface area contributed by atoms with Gasteiger partial charge in [0, 0.05) is 0 Å². The van der Waals surface area contributed by atoms with E-state index in [2.05, 4.69) is 6.58 Å². The van der Waals surface area contributed by atoms with Gasteiger partial charge in [-0.2, -0.15) is 13.2 Å². The highest BCUT2D eigenvalue weighted by molar-refractivity contribution is 5.70. The van der Waals surface area contributed by atoms with Gasteiger partial charge in [0.05, 0.1) is 5.56 Å². The Morgan fingerprint density at radius 2 is 1.67 bits per heavy atom. The molecule has 0 radical (unpaired) electrons. The lowest BCUT2D eigenvalue weighted by atomic mass is 9.98. The maximum Gasteiger partial charge on any atom is 0.417 e. The van der Waals surface area contributed by atoms with Gasteiger partial charge in [0.25, 0.3) is 0 Å². The van der Waals surface area contributed by atoms with Gasteiger partial charge >= 0.3 is 6.18 Å². The van der Waals surface area contributed by atoms with Gasteiger partial charge in [-0.25, -0.2) is 0 Å². The molecule has 0 aromatic heterocycles. The van der Waals surface area contributed by atoms with Gasteiger partial charge in [-0.3, -0.25) is 0 Å². The molecule has 2 rings (SSSR count). The molecule has 0 bridgehead atoms. The molecule has 0 aliphatic rings. The van der Waals surface area contributed by atoms with E-state index in [0.717, 1.165) is 11.6 Å². The maximum atomic E-state index is 12.9. The molecule has 0 amide bonds. The summed E-state index contributed by atoms with van der Waals surface area (Å²) in [4.78, 5) is 0. The molecule has 0 aliphatic heterocycles. The summed E-state index contributed by atoms with van der Waals surface area (Å²) in [6.45, 7) is 3.61. The van der Waals surface area contributed by atoms with Gasteiger partial charge in [0.2, 0.25) is 0 Å². The van der Waals surface area contributed by atoms with Gasteiger partial charge in [0.15, 0.2) is 0 Å². The Balaban J connectivity index is 2.60. The quantitative estimate of drug-likeness (QED) is 0.700. The van der Waals surface area contributed by atoms with Crippen LogP contribution in [0, 0.1) is 0 Å². The summed E-state index contributed by atoms with van der Waals surface area (Å²) in [5, 5.41) is 0. The first-order valence-electron chi connectivity index (χ1n) is 5.41. The van der Waals surface area contributed by atoms with Gasteiger partial charge in [-0.15, -0.1) is 0 Å². The van der Waals surface area contributed by atoms with E-state index < -0.39 is 11.7 Å². The fraction of sp³-hybridized carbons (Fsp3) is 0.0667. The van der Waals surface area contributed by atoms with Crippen molar-refractivity contribution >= 4 is 6.08 Å². The van der Waals surface area contributed by atoms with Crippen molar-refractivity contribution in [3.63, 3.8) is 0 Å². The van der Waals surface area contributed by atoms with Gasteiger partial charge in [0.1, 0.15) is 0 Å². The Morgan fingerprint density at radius 3 is 2.33 bits per heavy atom. The third-order valence-corrected chi connectivity index (χ3v) is 2.67. The monoisotopic (exact) mass is 248 g/mol. The zero-order valence-corrected chi connectivity index (χ0v) is 9.54. The number of halogens is 3. The van der Waals surface area contributed by atoms with Crippen molar-refractivity contribution in [3.05, 3.63) is 66.2 Å². The van der Waals surface area contributed by atoms with E-state index in [-0.39, 0.29) is 5.56 Å². The zero-order chi connectivity index (χ0) is 13.2. The van der Waals surface area contributed by atoms with E-state index in [9.17, 15) is 13.2 Å².